The van der Waals surface area contributed by atoms with Crippen LogP contribution in [-0.2, 0) is 0 Å². The van der Waals surface area contributed by atoms with Crippen molar-refractivity contribution in [3.8, 4) is 0 Å². The van der Waals surface area contributed by atoms with E-state index in [1.165, 1.54) is 35.5 Å². The highest BCUT2D eigenvalue weighted by atomic mass is 32.1. The molecule has 2 aromatic heterocycles. The molecule has 0 aliphatic heterocycles. The molecule has 0 aromatic carbocycles. The first kappa shape index (κ1) is 13.6. The fraction of sp³-hybridized carbons (Fsp3) is 0.538. The number of hydrogen-bond donors (Lipinski definition) is 1. The number of thiazole rings is 1. The van der Waals surface area contributed by atoms with Crippen molar-refractivity contribution < 1.29 is 4.79 Å². The summed E-state index contributed by atoms with van der Waals surface area (Å²) < 4.78 is 0. The number of aromatic nitrogens is 3. The summed E-state index contributed by atoms with van der Waals surface area (Å²) in [5.74, 6) is 0.768. The van der Waals surface area contributed by atoms with Gasteiger partial charge in [-0.1, -0.05) is 25.2 Å². The Kier molecular flexibility index (Phi) is 3.55. The second-order valence-corrected chi connectivity index (χ2v) is 7.33. The standard InChI is InChI=1S/C13H16N4OS2/c1-6(2)11-14-7(3)9(19-11)10(18)15-13-17-16-12(20-13)8-4-5-8/h6,8H,4-5H2,1-3H3,(H,15,17,18). The normalized spacial score (nSPS) is 14.8. The molecule has 5 nitrogen and oxygen atoms in total. The highest BCUT2D eigenvalue weighted by Gasteiger charge is 2.28. The van der Waals surface area contributed by atoms with Crippen LogP contribution in [0.2, 0.25) is 0 Å². The zero-order valence-corrected chi connectivity index (χ0v) is 13.3. The second-order valence-electron chi connectivity index (χ2n) is 5.30. The molecular formula is C13H16N4OS2. The summed E-state index contributed by atoms with van der Waals surface area (Å²) in [6, 6.07) is 0. The Bertz CT molecular complexity index is 643. The molecule has 1 aliphatic carbocycles. The molecule has 106 valence electrons. The number of hydrogen-bond acceptors (Lipinski definition) is 6. The molecule has 1 saturated carbocycles. The molecule has 1 fully saturated rings. The van der Waals surface area contributed by atoms with E-state index >= 15 is 0 Å². The van der Waals surface area contributed by atoms with Gasteiger partial charge in [0.2, 0.25) is 5.13 Å². The fourth-order valence-electron chi connectivity index (χ4n) is 1.81. The second kappa shape index (κ2) is 5.21. The molecule has 0 atom stereocenters. The molecule has 7 heteroatoms. The maximum Gasteiger partial charge on any atom is 0.269 e. The van der Waals surface area contributed by atoms with Gasteiger partial charge in [0, 0.05) is 11.8 Å². The minimum Gasteiger partial charge on any atom is -0.296 e. The number of carbonyl (C=O) groups is 1. The monoisotopic (exact) mass is 308 g/mol. The molecule has 1 N–H and O–H groups in total. The summed E-state index contributed by atoms with van der Waals surface area (Å²) in [6.07, 6.45) is 2.38. The zero-order valence-electron chi connectivity index (χ0n) is 11.6. The van der Waals surface area contributed by atoms with Crippen LogP contribution in [0, 0.1) is 6.92 Å². The topological polar surface area (TPSA) is 67.8 Å². The quantitative estimate of drug-likeness (QED) is 0.937. The molecule has 0 saturated heterocycles. The highest BCUT2D eigenvalue weighted by Crippen LogP contribution is 2.42. The Balaban J connectivity index is 1.74. The van der Waals surface area contributed by atoms with Crippen molar-refractivity contribution in [2.45, 2.75) is 45.4 Å². The van der Waals surface area contributed by atoms with Crippen molar-refractivity contribution in [2.24, 2.45) is 0 Å². The predicted molar refractivity (Wildman–Crippen MR) is 80.8 cm³/mol. The first-order chi connectivity index (χ1) is 9.54. The molecule has 0 unspecified atom stereocenters. The van der Waals surface area contributed by atoms with E-state index in [9.17, 15) is 4.79 Å². The summed E-state index contributed by atoms with van der Waals surface area (Å²) >= 11 is 2.93. The Labute approximate surface area is 125 Å². The lowest BCUT2D eigenvalue weighted by atomic mass is 10.2. The molecular weight excluding hydrogens is 292 g/mol. The number of rotatable bonds is 4. The van der Waals surface area contributed by atoms with Crippen LogP contribution in [0.5, 0.6) is 0 Å². The van der Waals surface area contributed by atoms with Gasteiger partial charge in [-0.2, -0.15) is 0 Å². The SMILES string of the molecule is Cc1nc(C(C)C)sc1C(=O)Nc1nnc(C2CC2)s1. The summed E-state index contributed by atoms with van der Waals surface area (Å²) in [4.78, 5) is 17.4. The number of aryl methyl sites for hydroxylation is 1. The number of nitrogens with one attached hydrogen (secondary N) is 1. The minimum absolute atomic E-state index is 0.134. The van der Waals surface area contributed by atoms with Crippen LogP contribution in [0.25, 0.3) is 0 Å². The molecule has 2 heterocycles. The van der Waals surface area contributed by atoms with Crippen LogP contribution in [0.4, 0.5) is 5.13 Å². The van der Waals surface area contributed by atoms with Gasteiger partial charge in [0.05, 0.1) is 10.7 Å². The summed E-state index contributed by atoms with van der Waals surface area (Å²) in [7, 11) is 0. The van der Waals surface area contributed by atoms with Gasteiger partial charge in [0.1, 0.15) is 9.88 Å². The van der Waals surface area contributed by atoms with Crippen LogP contribution < -0.4 is 5.32 Å². The van der Waals surface area contributed by atoms with Gasteiger partial charge in [-0.15, -0.1) is 21.5 Å². The number of anilines is 1. The molecule has 3 rings (SSSR count). The minimum atomic E-state index is -0.134. The Morgan fingerprint density at radius 3 is 2.65 bits per heavy atom. The van der Waals surface area contributed by atoms with E-state index in [0.717, 1.165) is 15.7 Å². The third-order valence-corrected chi connectivity index (χ3v) is 5.56. The van der Waals surface area contributed by atoms with Gasteiger partial charge in [-0.3, -0.25) is 10.1 Å². The average molecular weight is 308 g/mol. The van der Waals surface area contributed by atoms with Crippen LogP contribution in [-0.4, -0.2) is 21.1 Å². The van der Waals surface area contributed by atoms with Gasteiger partial charge >= 0.3 is 0 Å². The van der Waals surface area contributed by atoms with Gasteiger partial charge in [0.25, 0.3) is 5.91 Å². The largest absolute Gasteiger partial charge is 0.296 e. The summed E-state index contributed by atoms with van der Waals surface area (Å²) in [6.45, 7) is 6.02. The van der Waals surface area contributed by atoms with Crippen LogP contribution in [0.1, 0.15) is 63.9 Å². The molecule has 1 aliphatic rings. The van der Waals surface area contributed by atoms with E-state index in [-0.39, 0.29) is 5.91 Å². The highest BCUT2D eigenvalue weighted by molar-refractivity contribution is 7.16. The van der Waals surface area contributed by atoms with E-state index in [1.54, 1.807) is 0 Å². The van der Waals surface area contributed by atoms with E-state index in [4.69, 9.17) is 0 Å². The Morgan fingerprint density at radius 2 is 2.05 bits per heavy atom. The third-order valence-electron chi connectivity index (χ3n) is 3.10. The fourth-order valence-corrected chi connectivity index (χ4v) is 3.68. The molecule has 20 heavy (non-hydrogen) atoms. The summed E-state index contributed by atoms with van der Waals surface area (Å²) in [5, 5.41) is 13.6. The van der Waals surface area contributed by atoms with Crippen molar-refractivity contribution in [3.63, 3.8) is 0 Å². The zero-order chi connectivity index (χ0) is 14.3. The van der Waals surface area contributed by atoms with Crippen molar-refractivity contribution in [2.75, 3.05) is 5.32 Å². The number of amides is 1. The van der Waals surface area contributed by atoms with E-state index in [0.29, 0.717) is 21.8 Å². The third kappa shape index (κ3) is 2.73. The van der Waals surface area contributed by atoms with Crippen molar-refractivity contribution in [1.29, 1.82) is 0 Å². The number of carbonyl (C=O) groups excluding carboxylic acids is 1. The van der Waals surface area contributed by atoms with Gasteiger partial charge in [0.15, 0.2) is 0 Å². The van der Waals surface area contributed by atoms with Crippen molar-refractivity contribution in [3.05, 3.63) is 20.6 Å². The summed E-state index contributed by atoms with van der Waals surface area (Å²) in [5.41, 5.74) is 0.781. The van der Waals surface area contributed by atoms with Crippen molar-refractivity contribution in [1.82, 2.24) is 15.2 Å². The molecule has 2 aromatic rings. The lowest BCUT2D eigenvalue weighted by Gasteiger charge is -1.98. The van der Waals surface area contributed by atoms with Gasteiger partial charge in [-0.25, -0.2) is 4.98 Å². The van der Waals surface area contributed by atoms with E-state index in [2.05, 4.69) is 34.3 Å². The first-order valence-electron chi connectivity index (χ1n) is 6.66. The van der Waals surface area contributed by atoms with Gasteiger partial charge < -0.3 is 0 Å². The maximum atomic E-state index is 12.3. The first-order valence-corrected chi connectivity index (χ1v) is 8.30. The lowest BCUT2D eigenvalue weighted by Crippen LogP contribution is -2.11. The van der Waals surface area contributed by atoms with Crippen LogP contribution in [0.3, 0.4) is 0 Å². The van der Waals surface area contributed by atoms with E-state index < -0.39 is 0 Å². The smallest absolute Gasteiger partial charge is 0.269 e. The van der Waals surface area contributed by atoms with Crippen LogP contribution in [0.15, 0.2) is 0 Å². The Morgan fingerprint density at radius 1 is 1.30 bits per heavy atom. The predicted octanol–water partition coefficient (Wildman–Crippen LogP) is 3.56. The molecule has 0 bridgehead atoms. The number of nitrogens with zero attached hydrogens (tertiary/aromatic N) is 3. The molecule has 0 radical (unpaired) electrons. The Hall–Kier alpha value is -1.34. The van der Waals surface area contributed by atoms with E-state index in [1.807, 2.05) is 6.92 Å². The molecule has 1 amide bonds. The average Bonchev–Trinajstić information content (AvgIpc) is 3.01. The van der Waals surface area contributed by atoms with Crippen LogP contribution >= 0.6 is 22.7 Å². The molecule has 0 spiro atoms. The maximum absolute atomic E-state index is 12.3. The van der Waals surface area contributed by atoms with Crippen molar-refractivity contribution >= 4 is 33.7 Å². The van der Waals surface area contributed by atoms with Gasteiger partial charge in [-0.05, 0) is 19.8 Å². The lowest BCUT2D eigenvalue weighted by molar-refractivity contribution is 0.102.